The molecule has 2 nitrogen and oxygen atoms in total. The Morgan fingerprint density at radius 3 is 2.67 bits per heavy atom. The predicted molar refractivity (Wildman–Crippen MR) is 49.6 cm³/mol. The lowest BCUT2D eigenvalue weighted by Crippen LogP contribution is -2.29. The average molecular weight is 166 g/mol. The molecule has 1 aliphatic heterocycles. The maximum atomic E-state index is 8.57. The van der Waals surface area contributed by atoms with E-state index in [1.807, 2.05) is 0 Å². The van der Waals surface area contributed by atoms with Gasteiger partial charge in [-0.1, -0.05) is 13.8 Å². The monoisotopic (exact) mass is 166 g/mol. The van der Waals surface area contributed by atoms with Gasteiger partial charge in [-0.2, -0.15) is 5.26 Å². The SMILES string of the molecule is CC(C)C1CC(CC#N)CN1C. The van der Waals surface area contributed by atoms with Gasteiger partial charge in [-0.25, -0.2) is 0 Å². The van der Waals surface area contributed by atoms with Gasteiger partial charge >= 0.3 is 0 Å². The molecule has 2 atom stereocenters. The Kier molecular flexibility index (Phi) is 3.11. The molecule has 2 unspecified atom stereocenters. The lowest BCUT2D eigenvalue weighted by atomic mass is 9.96. The molecule has 0 aromatic rings. The summed E-state index contributed by atoms with van der Waals surface area (Å²) in [5.74, 6) is 1.34. The number of hydrogen-bond acceptors (Lipinski definition) is 2. The predicted octanol–water partition coefficient (Wildman–Crippen LogP) is 1.88. The molecule has 0 aliphatic carbocycles. The fraction of sp³-hybridized carbons (Fsp3) is 0.900. The zero-order chi connectivity index (χ0) is 9.14. The van der Waals surface area contributed by atoms with Crippen LogP contribution in [0.2, 0.25) is 0 Å². The molecule has 1 heterocycles. The molecule has 0 spiro atoms. The summed E-state index contributed by atoms with van der Waals surface area (Å²) in [6, 6.07) is 2.96. The van der Waals surface area contributed by atoms with Gasteiger partial charge in [0.2, 0.25) is 0 Å². The van der Waals surface area contributed by atoms with E-state index in [2.05, 4.69) is 31.9 Å². The zero-order valence-electron chi connectivity index (χ0n) is 8.25. The van der Waals surface area contributed by atoms with Crippen LogP contribution in [-0.2, 0) is 0 Å². The van der Waals surface area contributed by atoms with E-state index in [0.717, 1.165) is 18.9 Å². The average Bonchev–Trinajstić information content (AvgIpc) is 2.32. The number of rotatable bonds is 2. The van der Waals surface area contributed by atoms with Crippen molar-refractivity contribution >= 4 is 0 Å². The zero-order valence-corrected chi connectivity index (χ0v) is 8.25. The Balaban J connectivity index is 2.46. The van der Waals surface area contributed by atoms with Gasteiger partial charge in [-0.05, 0) is 25.3 Å². The molecule has 1 aliphatic rings. The highest BCUT2D eigenvalue weighted by Crippen LogP contribution is 2.28. The van der Waals surface area contributed by atoms with E-state index < -0.39 is 0 Å². The molecular weight excluding hydrogens is 148 g/mol. The van der Waals surface area contributed by atoms with Crippen LogP contribution in [0.4, 0.5) is 0 Å². The molecular formula is C10H18N2. The first-order valence-electron chi connectivity index (χ1n) is 4.72. The lowest BCUT2D eigenvalue weighted by molar-refractivity contribution is 0.249. The first-order valence-corrected chi connectivity index (χ1v) is 4.72. The van der Waals surface area contributed by atoms with Crippen LogP contribution in [0, 0.1) is 23.2 Å². The van der Waals surface area contributed by atoms with Gasteiger partial charge < -0.3 is 4.90 Å². The summed E-state index contributed by atoms with van der Waals surface area (Å²) >= 11 is 0. The van der Waals surface area contributed by atoms with Gasteiger partial charge in [0.25, 0.3) is 0 Å². The van der Waals surface area contributed by atoms with Crippen LogP contribution >= 0.6 is 0 Å². The maximum absolute atomic E-state index is 8.57. The largest absolute Gasteiger partial charge is 0.303 e. The summed E-state index contributed by atoms with van der Waals surface area (Å²) < 4.78 is 0. The van der Waals surface area contributed by atoms with Gasteiger partial charge in [-0.15, -0.1) is 0 Å². The Labute approximate surface area is 75.2 Å². The molecule has 0 aromatic heterocycles. The van der Waals surface area contributed by atoms with Crippen LogP contribution in [0.25, 0.3) is 0 Å². The molecule has 0 N–H and O–H groups in total. The molecule has 12 heavy (non-hydrogen) atoms. The maximum Gasteiger partial charge on any atom is 0.0625 e. The summed E-state index contributed by atoms with van der Waals surface area (Å²) in [5.41, 5.74) is 0. The van der Waals surface area contributed by atoms with Crippen molar-refractivity contribution in [1.29, 1.82) is 5.26 Å². The summed E-state index contributed by atoms with van der Waals surface area (Å²) in [6.07, 6.45) is 1.94. The molecule has 0 aromatic carbocycles. The van der Waals surface area contributed by atoms with Crippen molar-refractivity contribution < 1.29 is 0 Å². The highest BCUT2D eigenvalue weighted by molar-refractivity contribution is 4.89. The van der Waals surface area contributed by atoms with Crippen LogP contribution in [0.1, 0.15) is 26.7 Å². The van der Waals surface area contributed by atoms with E-state index >= 15 is 0 Å². The third-order valence-corrected chi connectivity index (χ3v) is 2.84. The van der Waals surface area contributed by atoms with E-state index in [-0.39, 0.29) is 0 Å². The van der Waals surface area contributed by atoms with E-state index in [4.69, 9.17) is 5.26 Å². The summed E-state index contributed by atoms with van der Waals surface area (Å²) in [7, 11) is 2.17. The van der Waals surface area contributed by atoms with Crippen molar-refractivity contribution in [1.82, 2.24) is 4.90 Å². The van der Waals surface area contributed by atoms with Gasteiger partial charge in [0.05, 0.1) is 6.07 Å². The lowest BCUT2D eigenvalue weighted by Gasteiger charge is -2.22. The summed E-state index contributed by atoms with van der Waals surface area (Å²) in [4.78, 5) is 2.40. The van der Waals surface area contributed by atoms with Crippen molar-refractivity contribution in [2.24, 2.45) is 11.8 Å². The van der Waals surface area contributed by atoms with Gasteiger partial charge in [0, 0.05) is 19.0 Å². The topological polar surface area (TPSA) is 27.0 Å². The Bertz CT molecular complexity index is 181. The van der Waals surface area contributed by atoms with Crippen LogP contribution in [0.15, 0.2) is 0 Å². The quantitative estimate of drug-likeness (QED) is 0.626. The minimum Gasteiger partial charge on any atom is -0.303 e. The molecule has 1 saturated heterocycles. The molecule has 0 radical (unpaired) electrons. The highest BCUT2D eigenvalue weighted by Gasteiger charge is 2.30. The second kappa shape index (κ2) is 3.91. The minimum absolute atomic E-state index is 0.618. The third-order valence-electron chi connectivity index (χ3n) is 2.84. The summed E-state index contributed by atoms with van der Waals surface area (Å²) in [5, 5.41) is 8.57. The molecule has 0 amide bonds. The number of likely N-dealkylation sites (tertiary alicyclic amines) is 1. The number of nitriles is 1. The Morgan fingerprint density at radius 1 is 1.58 bits per heavy atom. The standard InChI is InChI=1S/C10H18N2/c1-8(2)10-6-9(4-5-11)7-12(10)3/h8-10H,4,6-7H2,1-3H3. The highest BCUT2D eigenvalue weighted by atomic mass is 15.2. The fourth-order valence-electron chi connectivity index (χ4n) is 2.20. The van der Waals surface area contributed by atoms with E-state index in [0.29, 0.717) is 12.0 Å². The van der Waals surface area contributed by atoms with Crippen LogP contribution in [0.5, 0.6) is 0 Å². The van der Waals surface area contributed by atoms with Gasteiger partial charge in [0.1, 0.15) is 0 Å². The van der Waals surface area contributed by atoms with Crippen molar-refractivity contribution in [3.05, 3.63) is 0 Å². The molecule has 0 saturated carbocycles. The molecule has 1 rings (SSSR count). The van der Waals surface area contributed by atoms with Crippen molar-refractivity contribution in [2.75, 3.05) is 13.6 Å². The second-order valence-corrected chi connectivity index (χ2v) is 4.21. The van der Waals surface area contributed by atoms with Crippen molar-refractivity contribution in [3.63, 3.8) is 0 Å². The van der Waals surface area contributed by atoms with Crippen LogP contribution in [0.3, 0.4) is 0 Å². The first-order chi connectivity index (χ1) is 5.65. The normalized spacial score (nSPS) is 30.9. The number of hydrogen-bond donors (Lipinski definition) is 0. The van der Waals surface area contributed by atoms with E-state index in [1.54, 1.807) is 0 Å². The molecule has 2 heteroatoms. The minimum atomic E-state index is 0.618. The van der Waals surface area contributed by atoms with Gasteiger partial charge in [-0.3, -0.25) is 0 Å². The second-order valence-electron chi connectivity index (χ2n) is 4.21. The fourth-order valence-corrected chi connectivity index (χ4v) is 2.20. The molecule has 1 fully saturated rings. The molecule has 0 bridgehead atoms. The third kappa shape index (κ3) is 1.98. The van der Waals surface area contributed by atoms with E-state index in [1.165, 1.54) is 6.42 Å². The summed E-state index contributed by atoms with van der Waals surface area (Å²) in [6.45, 7) is 5.63. The van der Waals surface area contributed by atoms with E-state index in [9.17, 15) is 0 Å². The Morgan fingerprint density at radius 2 is 2.25 bits per heavy atom. The van der Waals surface area contributed by atoms with Crippen molar-refractivity contribution in [3.8, 4) is 6.07 Å². The smallest absolute Gasteiger partial charge is 0.0625 e. The van der Waals surface area contributed by atoms with Crippen molar-refractivity contribution in [2.45, 2.75) is 32.7 Å². The van der Waals surface area contributed by atoms with Gasteiger partial charge in [0.15, 0.2) is 0 Å². The van der Waals surface area contributed by atoms with Crippen LogP contribution < -0.4 is 0 Å². The number of nitrogens with zero attached hydrogens (tertiary/aromatic N) is 2. The first kappa shape index (κ1) is 9.54. The molecule has 68 valence electrons. The Hall–Kier alpha value is -0.550. The van der Waals surface area contributed by atoms with Crippen LogP contribution in [-0.4, -0.2) is 24.5 Å².